The van der Waals surface area contributed by atoms with Gasteiger partial charge in [0.1, 0.15) is 0 Å². The van der Waals surface area contributed by atoms with Crippen LogP contribution in [0.2, 0.25) is 0 Å². The normalized spacial score (nSPS) is 32.4. The molecule has 0 saturated heterocycles. The van der Waals surface area contributed by atoms with Gasteiger partial charge in [-0.15, -0.1) is 0 Å². The molecular weight excluding hydrogens is 196 g/mol. The van der Waals surface area contributed by atoms with E-state index in [1.807, 2.05) is 0 Å². The zero-order valence-corrected chi connectivity index (χ0v) is 11.0. The summed E-state index contributed by atoms with van der Waals surface area (Å²) < 4.78 is 0. The minimum absolute atomic E-state index is 0.748. The highest BCUT2D eigenvalue weighted by Gasteiger charge is 2.32. The largest absolute Gasteiger partial charge is 0.313 e. The molecule has 2 fully saturated rings. The number of nitrogens with one attached hydrogen (secondary N) is 1. The molecule has 1 N–H and O–H groups in total. The quantitative estimate of drug-likeness (QED) is 0.739. The molecule has 2 nitrogen and oxygen atoms in total. The zero-order chi connectivity index (χ0) is 11.4. The van der Waals surface area contributed by atoms with E-state index in [-0.39, 0.29) is 0 Å². The van der Waals surface area contributed by atoms with Crippen molar-refractivity contribution in [3.05, 3.63) is 0 Å². The van der Waals surface area contributed by atoms with Crippen LogP contribution in [0, 0.1) is 0 Å². The van der Waals surface area contributed by atoms with E-state index in [1.54, 1.807) is 0 Å². The van der Waals surface area contributed by atoms with Gasteiger partial charge in [0.25, 0.3) is 0 Å². The minimum Gasteiger partial charge on any atom is -0.313 e. The van der Waals surface area contributed by atoms with E-state index >= 15 is 0 Å². The molecule has 0 radical (unpaired) electrons. The molecule has 2 saturated carbocycles. The third-order valence-corrected chi connectivity index (χ3v) is 4.62. The number of rotatable bonds is 4. The Bertz CT molecular complexity index is 201. The van der Waals surface area contributed by atoms with Gasteiger partial charge in [0, 0.05) is 18.1 Å². The fraction of sp³-hybridized carbons (Fsp3) is 1.00. The van der Waals surface area contributed by atoms with Crippen molar-refractivity contribution in [3.63, 3.8) is 0 Å². The van der Waals surface area contributed by atoms with Crippen LogP contribution in [0.15, 0.2) is 0 Å². The van der Waals surface area contributed by atoms with E-state index < -0.39 is 0 Å². The van der Waals surface area contributed by atoms with Gasteiger partial charge in [0.05, 0.1) is 0 Å². The Labute approximate surface area is 101 Å². The van der Waals surface area contributed by atoms with Crippen LogP contribution in [0.4, 0.5) is 0 Å². The highest BCUT2D eigenvalue weighted by molar-refractivity contribution is 4.90. The van der Waals surface area contributed by atoms with Gasteiger partial charge in [0.2, 0.25) is 0 Å². The molecule has 2 unspecified atom stereocenters. The Morgan fingerprint density at radius 3 is 2.38 bits per heavy atom. The van der Waals surface area contributed by atoms with Gasteiger partial charge in [-0.1, -0.05) is 32.6 Å². The van der Waals surface area contributed by atoms with Crippen LogP contribution in [0.5, 0.6) is 0 Å². The van der Waals surface area contributed by atoms with E-state index in [2.05, 4.69) is 24.2 Å². The molecule has 0 bridgehead atoms. The van der Waals surface area contributed by atoms with Crippen LogP contribution in [0.3, 0.4) is 0 Å². The van der Waals surface area contributed by atoms with Gasteiger partial charge in [0.15, 0.2) is 0 Å². The molecule has 0 amide bonds. The Hall–Kier alpha value is -0.0800. The number of hydrogen-bond acceptors (Lipinski definition) is 2. The summed E-state index contributed by atoms with van der Waals surface area (Å²) in [4.78, 5) is 2.70. The molecule has 2 atom stereocenters. The average Bonchev–Trinajstić information content (AvgIpc) is 2.41. The van der Waals surface area contributed by atoms with Gasteiger partial charge in [-0.2, -0.15) is 0 Å². The Morgan fingerprint density at radius 2 is 1.75 bits per heavy atom. The molecule has 0 spiro atoms. The second-order valence-electron chi connectivity index (χ2n) is 5.62. The molecule has 94 valence electrons. The van der Waals surface area contributed by atoms with Crippen LogP contribution in [0.1, 0.15) is 58.3 Å². The van der Waals surface area contributed by atoms with Gasteiger partial charge in [-0.25, -0.2) is 0 Å². The molecule has 2 aliphatic rings. The van der Waals surface area contributed by atoms with Crippen LogP contribution in [-0.2, 0) is 0 Å². The van der Waals surface area contributed by atoms with Crippen LogP contribution in [0.25, 0.3) is 0 Å². The van der Waals surface area contributed by atoms with Gasteiger partial charge < -0.3 is 5.32 Å². The standard InChI is InChI=1S/C14H28N2/c1-3-15-13-10-5-4-6-11-14(13)16(2)12-8-7-9-12/h12-15H,3-11H2,1-2H3. The van der Waals surface area contributed by atoms with E-state index in [4.69, 9.17) is 0 Å². The second-order valence-corrected chi connectivity index (χ2v) is 5.62. The molecule has 0 heterocycles. The van der Waals surface area contributed by atoms with Crippen molar-refractivity contribution >= 4 is 0 Å². The lowest BCUT2D eigenvalue weighted by molar-refractivity contribution is 0.0830. The highest BCUT2D eigenvalue weighted by Crippen LogP contribution is 2.30. The third-order valence-electron chi connectivity index (χ3n) is 4.62. The molecule has 2 aliphatic carbocycles. The van der Waals surface area contributed by atoms with Crippen molar-refractivity contribution in [1.82, 2.24) is 10.2 Å². The molecule has 0 aromatic carbocycles. The first-order chi connectivity index (χ1) is 7.83. The summed E-state index contributed by atoms with van der Waals surface area (Å²) in [5, 5.41) is 3.72. The fourth-order valence-electron chi connectivity index (χ4n) is 3.34. The highest BCUT2D eigenvalue weighted by atomic mass is 15.2. The second kappa shape index (κ2) is 6.02. The summed E-state index contributed by atoms with van der Waals surface area (Å²) >= 11 is 0. The van der Waals surface area contributed by atoms with E-state index in [1.165, 1.54) is 51.4 Å². The molecular formula is C14H28N2. The van der Waals surface area contributed by atoms with Crippen LogP contribution >= 0.6 is 0 Å². The zero-order valence-electron chi connectivity index (χ0n) is 11.0. The van der Waals surface area contributed by atoms with E-state index in [9.17, 15) is 0 Å². The van der Waals surface area contributed by atoms with E-state index in [0.29, 0.717) is 0 Å². The lowest BCUT2D eigenvalue weighted by Gasteiger charge is -2.43. The Balaban J connectivity index is 1.94. The van der Waals surface area contributed by atoms with Crippen LogP contribution < -0.4 is 5.32 Å². The predicted octanol–water partition coefficient (Wildman–Crippen LogP) is 2.78. The van der Waals surface area contributed by atoms with Crippen molar-refractivity contribution in [3.8, 4) is 0 Å². The monoisotopic (exact) mass is 224 g/mol. The number of nitrogens with zero attached hydrogens (tertiary/aromatic N) is 1. The maximum atomic E-state index is 3.72. The lowest BCUT2D eigenvalue weighted by Crippen LogP contribution is -2.53. The molecule has 0 aromatic heterocycles. The summed E-state index contributed by atoms with van der Waals surface area (Å²) in [6.45, 7) is 3.37. The first kappa shape index (κ1) is 12.4. The average molecular weight is 224 g/mol. The Kier molecular flexibility index (Phi) is 4.66. The minimum atomic E-state index is 0.748. The topological polar surface area (TPSA) is 15.3 Å². The molecule has 2 rings (SSSR count). The van der Waals surface area contributed by atoms with Gasteiger partial charge >= 0.3 is 0 Å². The fourth-order valence-corrected chi connectivity index (χ4v) is 3.34. The van der Waals surface area contributed by atoms with E-state index in [0.717, 1.165) is 24.7 Å². The van der Waals surface area contributed by atoms with Crippen LogP contribution in [-0.4, -0.2) is 36.6 Å². The summed E-state index contributed by atoms with van der Waals surface area (Å²) in [7, 11) is 2.37. The smallest absolute Gasteiger partial charge is 0.0249 e. The summed E-state index contributed by atoms with van der Waals surface area (Å²) in [5.74, 6) is 0. The van der Waals surface area contributed by atoms with Crippen molar-refractivity contribution in [1.29, 1.82) is 0 Å². The third kappa shape index (κ3) is 2.78. The SMILES string of the molecule is CCNC1CCCCCC1N(C)C1CCC1. The van der Waals surface area contributed by atoms with Gasteiger partial charge in [-0.05, 0) is 39.3 Å². The Morgan fingerprint density at radius 1 is 1.00 bits per heavy atom. The van der Waals surface area contributed by atoms with Crippen molar-refractivity contribution in [2.75, 3.05) is 13.6 Å². The lowest BCUT2D eigenvalue weighted by atomic mass is 9.88. The molecule has 16 heavy (non-hydrogen) atoms. The predicted molar refractivity (Wildman–Crippen MR) is 69.7 cm³/mol. The maximum absolute atomic E-state index is 3.72. The van der Waals surface area contributed by atoms with Crippen molar-refractivity contribution in [2.24, 2.45) is 0 Å². The number of hydrogen-bond donors (Lipinski definition) is 1. The molecule has 0 aromatic rings. The number of likely N-dealkylation sites (N-methyl/N-ethyl adjacent to an activating group) is 2. The first-order valence-corrected chi connectivity index (χ1v) is 7.28. The summed E-state index contributed by atoms with van der Waals surface area (Å²) in [6.07, 6.45) is 11.4. The maximum Gasteiger partial charge on any atom is 0.0249 e. The molecule has 0 aliphatic heterocycles. The summed E-state index contributed by atoms with van der Waals surface area (Å²) in [5.41, 5.74) is 0. The summed E-state index contributed by atoms with van der Waals surface area (Å²) in [6, 6.07) is 2.44. The van der Waals surface area contributed by atoms with Crippen molar-refractivity contribution in [2.45, 2.75) is 76.4 Å². The first-order valence-electron chi connectivity index (χ1n) is 7.28. The van der Waals surface area contributed by atoms with Crippen molar-refractivity contribution < 1.29 is 0 Å². The molecule has 2 heteroatoms. The van der Waals surface area contributed by atoms with Gasteiger partial charge in [-0.3, -0.25) is 4.90 Å².